The second kappa shape index (κ2) is 5.58. The maximum absolute atomic E-state index is 9.41. The van der Waals surface area contributed by atoms with E-state index in [1.807, 2.05) is 0 Å². The molecule has 3 nitrogen and oxygen atoms in total. The van der Waals surface area contributed by atoms with E-state index in [1.54, 1.807) is 0 Å². The topological polar surface area (TPSA) is 37.2 Å². The number of hydrogen-bond donors (Lipinski definition) is 2. The van der Waals surface area contributed by atoms with Gasteiger partial charge in [0.1, 0.15) is 0 Å². The summed E-state index contributed by atoms with van der Waals surface area (Å²) in [7, 11) is 2.14. The fourth-order valence-electron chi connectivity index (χ4n) is 3.64. The number of nitrogens with zero attached hydrogens (tertiary/aromatic N) is 1. The average molecular weight is 272 g/mol. The summed E-state index contributed by atoms with van der Waals surface area (Å²) < 4.78 is 2.29. The fourth-order valence-corrected chi connectivity index (χ4v) is 3.64. The number of benzene rings is 1. The molecule has 1 fully saturated rings. The molecule has 1 aromatic carbocycles. The number of nitrogens with one attached hydrogen (secondary N) is 1. The maximum atomic E-state index is 9.41. The molecule has 3 rings (SSSR count). The summed E-state index contributed by atoms with van der Waals surface area (Å²) in [4.78, 5) is 0. The van der Waals surface area contributed by atoms with Gasteiger partial charge in [-0.3, -0.25) is 0 Å². The largest absolute Gasteiger partial charge is 0.396 e. The Labute approximate surface area is 120 Å². The SMILES string of the molecule is Cc1c(CNC2CCCC2CO)n(C)c2ccccc12. The number of rotatable bonds is 4. The van der Waals surface area contributed by atoms with Gasteiger partial charge in [-0.15, -0.1) is 0 Å². The second-order valence-corrected chi connectivity index (χ2v) is 6.01. The zero-order valence-corrected chi connectivity index (χ0v) is 12.4. The summed E-state index contributed by atoms with van der Waals surface area (Å²) in [6.45, 7) is 3.40. The number of fused-ring (bicyclic) bond motifs is 1. The van der Waals surface area contributed by atoms with E-state index in [-0.39, 0.29) is 0 Å². The number of hydrogen-bond acceptors (Lipinski definition) is 2. The fraction of sp³-hybridized carbons (Fsp3) is 0.529. The Hall–Kier alpha value is -1.32. The van der Waals surface area contributed by atoms with Gasteiger partial charge in [0.25, 0.3) is 0 Å². The van der Waals surface area contributed by atoms with E-state index in [0.717, 1.165) is 13.0 Å². The highest BCUT2D eigenvalue weighted by atomic mass is 16.3. The van der Waals surface area contributed by atoms with Crippen molar-refractivity contribution in [2.24, 2.45) is 13.0 Å². The predicted molar refractivity (Wildman–Crippen MR) is 82.7 cm³/mol. The van der Waals surface area contributed by atoms with Gasteiger partial charge in [-0.05, 0) is 37.3 Å². The van der Waals surface area contributed by atoms with E-state index in [4.69, 9.17) is 0 Å². The van der Waals surface area contributed by atoms with Crippen LogP contribution >= 0.6 is 0 Å². The Kier molecular flexibility index (Phi) is 3.81. The third kappa shape index (κ3) is 2.25. The van der Waals surface area contributed by atoms with Crippen LogP contribution in [0.25, 0.3) is 10.9 Å². The van der Waals surface area contributed by atoms with Gasteiger partial charge in [0.05, 0.1) is 0 Å². The molecule has 20 heavy (non-hydrogen) atoms. The third-order valence-electron chi connectivity index (χ3n) is 4.93. The van der Waals surface area contributed by atoms with Gasteiger partial charge in [-0.2, -0.15) is 0 Å². The second-order valence-electron chi connectivity index (χ2n) is 6.01. The highest BCUT2D eigenvalue weighted by Gasteiger charge is 2.26. The van der Waals surface area contributed by atoms with Crippen molar-refractivity contribution >= 4 is 10.9 Å². The number of aliphatic hydroxyl groups excluding tert-OH is 1. The van der Waals surface area contributed by atoms with Crippen molar-refractivity contribution < 1.29 is 5.11 Å². The lowest BCUT2D eigenvalue weighted by atomic mass is 10.0. The molecule has 2 N–H and O–H groups in total. The first kappa shape index (κ1) is 13.7. The molecule has 1 heterocycles. The zero-order chi connectivity index (χ0) is 14.1. The van der Waals surface area contributed by atoms with E-state index in [1.165, 1.54) is 35.0 Å². The van der Waals surface area contributed by atoms with Crippen molar-refractivity contribution in [3.63, 3.8) is 0 Å². The molecule has 0 amide bonds. The Bertz CT molecular complexity index is 563. The zero-order valence-electron chi connectivity index (χ0n) is 12.4. The van der Waals surface area contributed by atoms with E-state index in [9.17, 15) is 5.11 Å². The van der Waals surface area contributed by atoms with Gasteiger partial charge in [0, 0.05) is 42.8 Å². The minimum absolute atomic E-state index is 0.311. The summed E-state index contributed by atoms with van der Waals surface area (Å²) in [5.41, 5.74) is 4.02. The van der Waals surface area contributed by atoms with Crippen LogP contribution in [0.15, 0.2) is 24.3 Å². The molecule has 2 atom stereocenters. The summed E-state index contributed by atoms with van der Waals surface area (Å²) in [5, 5.41) is 14.4. The number of aryl methyl sites for hydroxylation is 2. The van der Waals surface area contributed by atoms with Crippen LogP contribution in [0.3, 0.4) is 0 Å². The third-order valence-corrected chi connectivity index (χ3v) is 4.93. The molecule has 0 radical (unpaired) electrons. The minimum Gasteiger partial charge on any atom is -0.396 e. The van der Waals surface area contributed by atoms with Crippen LogP contribution in [-0.4, -0.2) is 22.3 Å². The Morgan fingerprint density at radius 1 is 1.30 bits per heavy atom. The summed E-state index contributed by atoms with van der Waals surface area (Å²) in [6, 6.07) is 9.04. The van der Waals surface area contributed by atoms with Crippen LogP contribution < -0.4 is 5.32 Å². The van der Waals surface area contributed by atoms with Crippen molar-refractivity contribution in [2.75, 3.05) is 6.61 Å². The van der Waals surface area contributed by atoms with Crippen LogP contribution in [0.5, 0.6) is 0 Å². The molecule has 1 aliphatic rings. The van der Waals surface area contributed by atoms with Gasteiger partial charge >= 0.3 is 0 Å². The molecular weight excluding hydrogens is 248 g/mol. The minimum atomic E-state index is 0.311. The van der Waals surface area contributed by atoms with Crippen molar-refractivity contribution in [1.29, 1.82) is 0 Å². The first-order valence-electron chi connectivity index (χ1n) is 7.59. The normalized spacial score (nSPS) is 22.8. The molecule has 1 aliphatic carbocycles. The first-order chi connectivity index (χ1) is 9.72. The molecule has 1 saturated carbocycles. The van der Waals surface area contributed by atoms with Crippen LogP contribution in [-0.2, 0) is 13.6 Å². The van der Waals surface area contributed by atoms with Crippen molar-refractivity contribution in [3.05, 3.63) is 35.5 Å². The van der Waals surface area contributed by atoms with Crippen LogP contribution in [0, 0.1) is 12.8 Å². The molecule has 2 aromatic rings. The quantitative estimate of drug-likeness (QED) is 0.898. The highest BCUT2D eigenvalue weighted by molar-refractivity contribution is 5.85. The van der Waals surface area contributed by atoms with Gasteiger partial charge < -0.3 is 15.0 Å². The lowest BCUT2D eigenvalue weighted by Crippen LogP contribution is -2.34. The van der Waals surface area contributed by atoms with Crippen LogP contribution in [0.1, 0.15) is 30.5 Å². The lowest BCUT2D eigenvalue weighted by molar-refractivity contribution is 0.204. The highest BCUT2D eigenvalue weighted by Crippen LogP contribution is 2.27. The molecule has 0 spiro atoms. The Morgan fingerprint density at radius 3 is 2.85 bits per heavy atom. The number of para-hydroxylation sites is 1. The van der Waals surface area contributed by atoms with Gasteiger partial charge in [0.2, 0.25) is 0 Å². The summed E-state index contributed by atoms with van der Waals surface area (Å²) >= 11 is 0. The Morgan fingerprint density at radius 2 is 2.10 bits per heavy atom. The predicted octanol–water partition coefficient (Wildman–Crippen LogP) is 2.74. The molecule has 0 bridgehead atoms. The standard InChI is InChI=1S/C17H24N2O/c1-12-14-7-3-4-9-16(14)19(2)17(12)10-18-15-8-5-6-13(15)11-20/h3-4,7,9,13,15,18,20H,5-6,8,10-11H2,1-2H3. The van der Waals surface area contributed by atoms with E-state index in [0.29, 0.717) is 18.6 Å². The number of aliphatic hydroxyl groups is 1. The lowest BCUT2D eigenvalue weighted by Gasteiger charge is -2.19. The molecule has 3 heteroatoms. The first-order valence-corrected chi connectivity index (χ1v) is 7.59. The molecule has 0 saturated heterocycles. The molecular formula is C17H24N2O. The molecule has 108 valence electrons. The molecule has 2 unspecified atom stereocenters. The molecule has 1 aromatic heterocycles. The van der Waals surface area contributed by atoms with Crippen molar-refractivity contribution in [3.8, 4) is 0 Å². The van der Waals surface area contributed by atoms with E-state index in [2.05, 4.69) is 48.1 Å². The van der Waals surface area contributed by atoms with Crippen molar-refractivity contribution in [1.82, 2.24) is 9.88 Å². The van der Waals surface area contributed by atoms with E-state index < -0.39 is 0 Å². The smallest absolute Gasteiger partial charge is 0.0483 e. The number of aromatic nitrogens is 1. The van der Waals surface area contributed by atoms with Crippen molar-refractivity contribution in [2.45, 2.75) is 38.8 Å². The van der Waals surface area contributed by atoms with Gasteiger partial charge in [0.15, 0.2) is 0 Å². The van der Waals surface area contributed by atoms with Gasteiger partial charge in [-0.1, -0.05) is 24.6 Å². The average Bonchev–Trinajstić information content (AvgIpc) is 3.02. The van der Waals surface area contributed by atoms with Crippen LogP contribution in [0.4, 0.5) is 0 Å². The Balaban J connectivity index is 1.81. The summed E-state index contributed by atoms with van der Waals surface area (Å²) in [5.74, 6) is 0.435. The monoisotopic (exact) mass is 272 g/mol. The van der Waals surface area contributed by atoms with Gasteiger partial charge in [-0.25, -0.2) is 0 Å². The summed E-state index contributed by atoms with van der Waals surface area (Å²) in [6.07, 6.45) is 3.58. The van der Waals surface area contributed by atoms with Crippen LogP contribution in [0.2, 0.25) is 0 Å². The maximum Gasteiger partial charge on any atom is 0.0483 e. The van der Waals surface area contributed by atoms with E-state index >= 15 is 0 Å². The molecule has 0 aliphatic heterocycles.